The molecule has 0 saturated heterocycles. The molecule has 0 bridgehead atoms. The molecule has 0 fully saturated rings. The van der Waals surface area contributed by atoms with Crippen LogP contribution in [-0.2, 0) is 6.42 Å². The van der Waals surface area contributed by atoms with Crippen molar-refractivity contribution in [2.45, 2.75) is 33.1 Å². The largest absolute Gasteiger partial charge is 0.497 e. The van der Waals surface area contributed by atoms with Gasteiger partial charge in [-0.05, 0) is 49.5 Å². The van der Waals surface area contributed by atoms with E-state index in [2.05, 4.69) is 43.4 Å². The molecule has 18 heavy (non-hydrogen) atoms. The van der Waals surface area contributed by atoms with Gasteiger partial charge in [-0.25, -0.2) is 0 Å². The van der Waals surface area contributed by atoms with E-state index in [-0.39, 0.29) is 0 Å². The van der Waals surface area contributed by atoms with Crippen molar-refractivity contribution in [3.05, 3.63) is 29.8 Å². The molecule has 0 aromatic heterocycles. The van der Waals surface area contributed by atoms with Crippen LogP contribution in [0.4, 0.5) is 0 Å². The maximum Gasteiger partial charge on any atom is 0.118 e. The van der Waals surface area contributed by atoms with Crippen LogP contribution in [0, 0.1) is 11.8 Å². The third kappa shape index (κ3) is 4.34. The summed E-state index contributed by atoms with van der Waals surface area (Å²) in [6.07, 6.45) is 3.68. The minimum absolute atomic E-state index is 0.721. The maximum atomic E-state index is 5.20. The topological polar surface area (TPSA) is 21.3 Å². The Morgan fingerprint density at radius 1 is 1.06 bits per heavy atom. The van der Waals surface area contributed by atoms with Crippen LogP contribution in [0.25, 0.3) is 0 Å². The molecule has 2 heteroatoms. The van der Waals surface area contributed by atoms with Gasteiger partial charge in [0.2, 0.25) is 0 Å². The lowest BCUT2D eigenvalue weighted by Gasteiger charge is -2.25. The van der Waals surface area contributed by atoms with Gasteiger partial charge in [0.25, 0.3) is 0 Å². The third-order valence-corrected chi connectivity index (χ3v) is 3.84. The van der Waals surface area contributed by atoms with Crippen LogP contribution in [0.1, 0.15) is 32.3 Å². The third-order valence-electron chi connectivity index (χ3n) is 3.84. The van der Waals surface area contributed by atoms with E-state index in [1.165, 1.54) is 18.4 Å². The summed E-state index contributed by atoms with van der Waals surface area (Å²) in [5.41, 5.74) is 1.41. The molecule has 0 spiro atoms. The number of hydrogen-bond donors (Lipinski definition) is 1. The number of rotatable bonds is 8. The molecule has 1 aromatic carbocycles. The predicted octanol–water partition coefficient (Wildman–Crippen LogP) is 3.51. The normalized spacial score (nSPS) is 12.7. The molecule has 102 valence electrons. The molecular formula is C16H27NO. The molecule has 0 amide bonds. The van der Waals surface area contributed by atoms with E-state index in [4.69, 9.17) is 4.74 Å². The lowest BCUT2D eigenvalue weighted by molar-refractivity contribution is 0.303. The van der Waals surface area contributed by atoms with Gasteiger partial charge >= 0.3 is 0 Å². The van der Waals surface area contributed by atoms with Crippen molar-refractivity contribution in [1.82, 2.24) is 5.32 Å². The molecule has 0 aliphatic carbocycles. The highest BCUT2D eigenvalue weighted by molar-refractivity contribution is 5.27. The van der Waals surface area contributed by atoms with Crippen LogP contribution in [0.5, 0.6) is 5.75 Å². The predicted molar refractivity (Wildman–Crippen MR) is 78.2 cm³/mol. The lowest BCUT2D eigenvalue weighted by Crippen LogP contribution is -2.27. The molecule has 0 aliphatic rings. The van der Waals surface area contributed by atoms with Crippen LogP contribution < -0.4 is 10.1 Å². The first-order valence-corrected chi connectivity index (χ1v) is 7.02. The number of ether oxygens (including phenoxy) is 1. The van der Waals surface area contributed by atoms with Crippen molar-refractivity contribution in [2.75, 3.05) is 20.7 Å². The van der Waals surface area contributed by atoms with Crippen LogP contribution >= 0.6 is 0 Å². The van der Waals surface area contributed by atoms with Gasteiger partial charge in [0.05, 0.1) is 7.11 Å². The monoisotopic (exact) mass is 249 g/mol. The summed E-state index contributed by atoms with van der Waals surface area (Å²) < 4.78 is 5.20. The highest BCUT2D eigenvalue weighted by atomic mass is 16.5. The fourth-order valence-corrected chi connectivity index (χ4v) is 2.69. The highest BCUT2D eigenvalue weighted by Gasteiger charge is 2.18. The summed E-state index contributed by atoms with van der Waals surface area (Å²) in [7, 11) is 3.76. The Morgan fingerprint density at radius 2 is 1.67 bits per heavy atom. The average molecular weight is 249 g/mol. The first-order chi connectivity index (χ1) is 8.74. The summed E-state index contributed by atoms with van der Waals surface area (Å²) >= 11 is 0. The van der Waals surface area contributed by atoms with Crippen molar-refractivity contribution < 1.29 is 4.74 Å². The van der Waals surface area contributed by atoms with Crippen molar-refractivity contribution in [2.24, 2.45) is 11.8 Å². The van der Waals surface area contributed by atoms with Crippen molar-refractivity contribution in [3.63, 3.8) is 0 Å². The fourth-order valence-electron chi connectivity index (χ4n) is 2.69. The molecule has 1 aromatic rings. The van der Waals surface area contributed by atoms with E-state index in [9.17, 15) is 0 Å². The van der Waals surface area contributed by atoms with Gasteiger partial charge in [0, 0.05) is 0 Å². The Hall–Kier alpha value is -1.02. The van der Waals surface area contributed by atoms with Crippen molar-refractivity contribution in [1.29, 1.82) is 0 Å². The van der Waals surface area contributed by atoms with Gasteiger partial charge in [-0.1, -0.05) is 38.8 Å². The summed E-state index contributed by atoms with van der Waals surface area (Å²) in [5.74, 6) is 2.46. The standard InChI is InChI=1S/C16H27NO/c1-5-14(6-2)15(12-17-3)11-13-7-9-16(18-4)10-8-13/h7-10,14-15,17H,5-6,11-12H2,1-4H3. The molecule has 1 N–H and O–H groups in total. The van der Waals surface area contributed by atoms with Crippen molar-refractivity contribution in [3.8, 4) is 5.75 Å². The number of benzene rings is 1. The SMILES string of the molecule is CCC(CC)C(CNC)Cc1ccc(OC)cc1. The molecule has 0 aliphatic heterocycles. The first kappa shape index (κ1) is 15.0. The van der Waals surface area contributed by atoms with Crippen LogP contribution in [0.3, 0.4) is 0 Å². The van der Waals surface area contributed by atoms with E-state index in [1.807, 2.05) is 7.05 Å². The van der Waals surface area contributed by atoms with Crippen LogP contribution in [-0.4, -0.2) is 20.7 Å². The summed E-state index contributed by atoms with van der Waals surface area (Å²) in [6.45, 7) is 5.69. The molecule has 1 rings (SSSR count). The second-order valence-electron chi connectivity index (χ2n) is 4.95. The van der Waals surface area contributed by atoms with Crippen LogP contribution in [0.2, 0.25) is 0 Å². The smallest absolute Gasteiger partial charge is 0.118 e. The minimum atomic E-state index is 0.721. The van der Waals surface area contributed by atoms with E-state index < -0.39 is 0 Å². The number of hydrogen-bond acceptors (Lipinski definition) is 2. The van der Waals surface area contributed by atoms with E-state index in [0.717, 1.165) is 30.6 Å². The van der Waals surface area contributed by atoms with Gasteiger partial charge in [-0.2, -0.15) is 0 Å². The van der Waals surface area contributed by atoms with E-state index in [0.29, 0.717) is 0 Å². The molecular weight excluding hydrogens is 222 g/mol. The molecule has 2 nitrogen and oxygen atoms in total. The second kappa shape index (κ2) is 8.15. The Balaban J connectivity index is 2.69. The van der Waals surface area contributed by atoms with Gasteiger partial charge in [0.15, 0.2) is 0 Å². The Morgan fingerprint density at radius 3 is 2.11 bits per heavy atom. The summed E-state index contributed by atoms with van der Waals surface area (Å²) in [5, 5.41) is 3.34. The zero-order valence-electron chi connectivity index (χ0n) is 12.2. The number of nitrogens with one attached hydrogen (secondary N) is 1. The maximum absolute atomic E-state index is 5.20. The zero-order chi connectivity index (χ0) is 13.4. The fraction of sp³-hybridized carbons (Fsp3) is 0.625. The van der Waals surface area contributed by atoms with E-state index in [1.54, 1.807) is 7.11 Å². The van der Waals surface area contributed by atoms with Crippen molar-refractivity contribution >= 4 is 0 Å². The zero-order valence-corrected chi connectivity index (χ0v) is 12.2. The van der Waals surface area contributed by atoms with E-state index >= 15 is 0 Å². The second-order valence-corrected chi connectivity index (χ2v) is 4.95. The minimum Gasteiger partial charge on any atom is -0.497 e. The molecule has 0 saturated carbocycles. The first-order valence-electron chi connectivity index (χ1n) is 7.02. The molecule has 0 heterocycles. The Labute approximate surface area is 112 Å². The average Bonchev–Trinajstić information content (AvgIpc) is 2.41. The molecule has 0 radical (unpaired) electrons. The van der Waals surface area contributed by atoms with Gasteiger partial charge in [-0.15, -0.1) is 0 Å². The van der Waals surface area contributed by atoms with Gasteiger partial charge in [0.1, 0.15) is 5.75 Å². The molecule has 1 atom stereocenters. The highest BCUT2D eigenvalue weighted by Crippen LogP contribution is 2.24. The number of methoxy groups -OCH3 is 1. The Bertz CT molecular complexity index is 316. The summed E-state index contributed by atoms with van der Waals surface area (Å²) in [6, 6.07) is 8.48. The lowest BCUT2D eigenvalue weighted by atomic mass is 9.83. The van der Waals surface area contributed by atoms with Crippen LogP contribution in [0.15, 0.2) is 24.3 Å². The quantitative estimate of drug-likeness (QED) is 0.761. The van der Waals surface area contributed by atoms with Gasteiger partial charge in [-0.3, -0.25) is 0 Å². The Kier molecular flexibility index (Phi) is 6.81. The van der Waals surface area contributed by atoms with Gasteiger partial charge < -0.3 is 10.1 Å². The summed E-state index contributed by atoms with van der Waals surface area (Å²) in [4.78, 5) is 0. The molecule has 1 unspecified atom stereocenters.